The number of ketones is 1. The normalized spacial score (nSPS) is 26.2. The van der Waals surface area contributed by atoms with Crippen molar-refractivity contribution in [3.63, 3.8) is 0 Å². The van der Waals surface area contributed by atoms with Gasteiger partial charge in [-0.3, -0.25) is 19.2 Å². The van der Waals surface area contributed by atoms with Crippen molar-refractivity contribution < 1.29 is 19.2 Å². The lowest BCUT2D eigenvalue weighted by Crippen LogP contribution is -2.61. The van der Waals surface area contributed by atoms with Crippen LogP contribution in [0, 0.1) is 36.5 Å². The summed E-state index contributed by atoms with van der Waals surface area (Å²) in [5.41, 5.74) is 5.19. The van der Waals surface area contributed by atoms with Gasteiger partial charge in [0.05, 0.1) is 11.7 Å². The first-order valence-electron chi connectivity index (χ1n) is 14.3. The smallest absolute Gasteiger partial charge is 0.287 e. The standard InChI is InChI=1S/C29H45N5O4S/c1-8-29(16(2)3,33-26-31-17(4)18(5)39-26)25(38)34-15-28(14-27(28,6)7)13-21(34)24(37)32-20(22(35)23(30)36)12-19-10-9-11-19/h16,19-21H,8-15H2,1-7H3,(H2,30,36)(H,31,33)(H,32,37). The van der Waals surface area contributed by atoms with Crippen LogP contribution in [0.2, 0.25) is 0 Å². The van der Waals surface area contributed by atoms with Gasteiger partial charge in [0.15, 0.2) is 5.13 Å². The molecule has 3 aliphatic rings. The predicted molar refractivity (Wildman–Crippen MR) is 152 cm³/mol. The van der Waals surface area contributed by atoms with Gasteiger partial charge in [-0.05, 0) is 62.2 Å². The van der Waals surface area contributed by atoms with Crippen molar-refractivity contribution in [1.82, 2.24) is 15.2 Å². The molecule has 10 heteroatoms. The summed E-state index contributed by atoms with van der Waals surface area (Å²) in [6, 6.07) is -1.68. The van der Waals surface area contributed by atoms with Crippen molar-refractivity contribution in [3.8, 4) is 0 Å². The number of anilines is 1. The number of nitrogens with zero attached hydrogens (tertiary/aromatic N) is 2. The lowest BCUT2D eigenvalue weighted by molar-refractivity contribution is -0.144. The summed E-state index contributed by atoms with van der Waals surface area (Å²) in [5, 5.41) is 7.05. The number of carbonyl (C=O) groups is 4. The van der Waals surface area contributed by atoms with E-state index < -0.39 is 29.3 Å². The number of carbonyl (C=O) groups excluding carboxylic acids is 4. The van der Waals surface area contributed by atoms with Gasteiger partial charge in [-0.1, -0.05) is 53.9 Å². The topological polar surface area (TPSA) is 134 Å². The SMILES string of the molecule is CCC(Nc1nc(C)c(C)s1)(C(=O)N1CC2(CC1C(=O)NC(CC1CCC1)C(=O)C(N)=O)CC2(C)C)C(C)C. The zero-order valence-electron chi connectivity index (χ0n) is 24.5. The van der Waals surface area contributed by atoms with E-state index in [9.17, 15) is 19.2 Å². The molecule has 9 nitrogen and oxygen atoms in total. The van der Waals surface area contributed by atoms with Crippen LogP contribution in [-0.4, -0.2) is 57.6 Å². The third-order valence-corrected chi connectivity index (χ3v) is 11.0. The van der Waals surface area contributed by atoms with Crippen molar-refractivity contribution in [1.29, 1.82) is 0 Å². The first kappa shape index (κ1) is 29.5. The molecule has 1 aliphatic heterocycles. The van der Waals surface area contributed by atoms with E-state index in [2.05, 4.69) is 29.5 Å². The van der Waals surface area contributed by atoms with Gasteiger partial charge < -0.3 is 21.3 Å². The van der Waals surface area contributed by atoms with E-state index in [0.29, 0.717) is 30.9 Å². The maximum absolute atomic E-state index is 14.6. The first-order chi connectivity index (χ1) is 18.2. The van der Waals surface area contributed by atoms with E-state index >= 15 is 0 Å². The van der Waals surface area contributed by atoms with Crippen LogP contribution in [-0.2, 0) is 19.2 Å². The summed E-state index contributed by atoms with van der Waals surface area (Å²) >= 11 is 1.53. The maximum Gasteiger partial charge on any atom is 0.287 e. The van der Waals surface area contributed by atoms with Gasteiger partial charge in [-0.15, -0.1) is 11.3 Å². The molecule has 2 aliphatic carbocycles. The summed E-state index contributed by atoms with van der Waals surface area (Å²) < 4.78 is 0. The van der Waals surface area contributed by atoms with Crippen LogP contribution < -0.4 is 16.4 Å². The minimum absolute atomic E-state index is 0.0125. The van der Waals surface area contributed by atoms with Gasteiger partial charge in [0, 0.05) is 11.4 Å². The molecule has 39 heavy (non-hydrogen) atoms. The van der Waals surface area contributed by atoms with Crippen LogP contribution in [0.4, 0.5) is 5.13 Å². The van der Waals surface area contributed by atoms with E-state index in [1.165, 1.54) is 11.3 Å². The van der Waals surface area contributed by atoms with Crippen molar-refractivity contribution in [2.45, 2.75) is 111 Å². The molecule has 1 saturated heterocycles. The molecule has 4 N–H and O–H groups in total. The highest BCUT2D eigenvalue weighted by atomic mass is 32.1. The van der Waals surface area contributed by atoms with E-state index in [-0.39, 0.29) is 34.5 Å². The van der Waals surface area contributed by atoms with Crippen LogP contribution in [0.15, 0.2) is 0 Å². The molecule has 0 aromatic carbocycles. The average molecular weight is 560 g/mol. The summed E-state index contributed by atoms with van der Waals surface area (Å²) in [4.78, 5) is 60.4. The molecule has 0 radical (unpaired) electrons. The molecule has 1 spiro atoms. The number of Topliss-reactive ketones (excluding diaryl/α,β-unsaturated/α-hetero) is 1. The Labute approximate surface area is 236 Å². The molecular weight excluding hydrogens is 514 g/mol. The number of thiazole rings is 1. The van der Waals surface area contributed by atoms with Crippen LogP contribution in [0.5, 0.6) is 0 Å². The molecule has 2 heterocycles. The summed E-state index contributed by atoms with van der Waals surface area (Å²) in [5.74, 6) is -2.10. The zero-order chi connectivity index (χ0) is 28.9. The minimum Gasteiger partial charge on any atom is -0.363 e. The Bertz CT molecular complexity index is 1140. The number of aromatic nitrogens is 1. The van der Waals surface area contributed by atoms with Crippen LogP contribution in [0.1, 0.15) is 90.1 Å². The zero-order valence-corrected chi connectivity index (χ0v) is 25.3. The Kier molecular flexibility index (Phi) is 7.93. The first-order valence-corrected chi connectivity index (χ1v) is 15.2. The highest BCUT2D eigenvalue weighted by molar-refractivity contribution is 7.15. The monoisotopic (exact) mass is 559 g/mol. The fourth-order valence-corrected chi connectivity index (χ4v) is 7.55. The molecule has 1 aromatic heterocycles. The quantitative estimate of drug-likeness (QED) is 0.354. The molecule has 3 fully saturated rings. The number of rotatable bonds is 11. The Morgan fingerprint density at radius 3 is 2.28 bits per heavy atom. The van der Waals surface area contributed by atoms with E-state index in [4.69, 9.17) is 5.73 Å². The molecule has 4 unspecified atom stereocenters. The predicted octanol–water partition coefficient (Wildman–Crippen LogP) is 3.72. The maximum atomic E-state index is 14.6. The molecule has 216 valence electrons. The van der Waals surface area contributed by atoms with Crippen molar-refractivity contribution in [2.75, 3.05) is 11.9 Å². The highest BCUT2D eigenvalue weighted by Crippen LogP contribution is 2.69. The Balaban J connectivity index is 1.64. The van der Waals surface area contributed by atoms with Gasteiger partial charge >= 0.3 is 0 Å². The number of nitrogens with two attached hydrogens (primary N) is 1. The molecule has 4 rings (SSSR count). The molecule has 1 aromatic rings. The van der Waals surface area contributed by atoms with Crippen LogP contribution in [0.25, 0.3) is 0 Å². The average Bonchev–Trinajstić information content (AvgIpc) is 3.09. The fraction of sp³-hybridized carbons (Fsp3) is 0.759. The lowest BCUT2D eigenvalue weighted by atomic mass is 9.80. The molecular formula is C29H45N5O4S. The number of aryl methyl sites for hydroxylation is 2. The third kappa shape index (κ3) is 5.33. The van der Waals surface area contributed by atoms with Gasteiger partial charge in [-0.2, -0.15) is 0 Å². The second-order valence-electron chi connectivity index (χ2n) is 13.1. The van der Waals surface area contributed by atoms with Gasteiger partial charge in [0.25, 0.3) is 5.91 Å². The number of hydrogen-bond donors (Lipinski definition) is 3. The van der Waals surface area contributed by atoms with Crippen LogP contribution in [0.3, 0.4) is 0 Å². The fourth-order valence-electron chi connectivity index (χ4n) is 6.65. The number of amides is 3. The summed E-state index contributed by atoms with van der Waals surface area (Å²) in [7, 11) is 0. The summed E-state index contributed by atoms with van der Waals surface area (Å²) in [6.45, 7) is 14.8. The van der Waals surface area contributed by atoms with Crippen LogP contribution >= 0.6 is 11.3 Å². The van der Waals surface area contributed by atoms with E-state index in [1.807, 2.05) is 34.6 Å². The van der Waals surface area contributed by atoms with Gasteiger partial charge in [0.1, 0.15) is 11.6 Å². The van der Waals surface area contributed by atoms with E-state index in [0.717, 1.165) is 36.3 Å². The number of likely N-dealkylation sites (tertiary alicyclic amines) is 1. The minimum atomic E-state index is -1.04. The Morgan fingerprint density at radius 1 is 1.21 bits per heavy atom. The highest BCUT2D eigenvalue weighted by Gasteiger charge is 2.68. The van der Waals surface area contributed by atoms with Crippen molar-refractivity contribution in [3.05, 3.63) is 10.6 Å². The molecule has 3 amide bonds. The second kappa shape index (κ2) is 10.5. The van der Waals surface area contributed by atoms with Crippen molar-refractivity contribution in [2.24, 2.45) is 28.4 Å². The van der Waals surface area contributed by atoms with E-state index in [1.54, 1.807) is 4.90 Å². The number of hydrogen-bond acceptors (Lipinski definition) is 7. The molecule has 4 atom stereocenters. The Hall–Kier alpha value is -2.49. The number of nitrogens with one attached hydrogen (secondary N) is 2. The van der Waals surface area contributed by atoms with Crippen molar-refractivity contribution >= 4 is 40.0 Å². The van der Waals surface area contributed by atoms with Gasteiger partial charge in [-0.25, -0.2) is 4.98 Å². The molecule has 2 saturated carbocycles. The summed E-state index contributed by atoms with van der Waals surface area (Å²) in [6.07, 6.45) is 5.41. The van der Waals surface area contributed by atoms with Gasteiger partial charge in [0.2, 0.25) is 17.6 Å². The second-order valence-corrected chi connectivity index (χ2v) is 14.3. The number of primary amides is 1. The largest absolute Gasteiger partial charge is 0.363 e. The molecule has 0 bridgehead atoms. The Morgan fingerprint density at radius 2 is 1.85 bits per heavy atom. The lowest BCUT2D eigenvalue weighted by Gasteiger charge is -2.41. The third-order valence-electron chi connectivity index (χ3n) is 10.0.